The fourth-order valence-electron chi connectivity index (χ4n) is 3.33. The van der Waals surface area contributed by atoms with Crippen LogP contribution in [0.3, 0.4) is 0 Å². The van der Waals surface area contributed by atoms with Crippen LogP contribution < -0.4 is 5.32 Å². The summed E-state index contributed by atoms with van der Waals surface area (Å²) in [4.78, 5) is 0. The highest BCUT2D eigenvalue weighted by Gasteiger charge is 2.40. The van der Waals surface area contributed by atoms with Gasteiger partial charge in [-0.05, 0) is 32.1 Å². The number of hydrogen-bond acceptors (Lipinski definition) is 2. The van der Waals surface area contributed by atoms with E-state index in [9.17, 15) is 0 Å². The van der Waals surface area contributed by atoms with Gasteiger partial charge in [0.2, 0.25) is 0 Å². The number of hydrogen-bond donors (Lipinski definition) is 1. The molecule has 0 amide bonds. The minimum absolute atomic E-state index is 0.213. The van der Waals surface area contributed by atoms with Crippen LogP contribution >= 0.6 is 0 Å². The average molecular weight is 235 g/mol. The standard InChI is InChI=1S/C15H25NO/c1-3-7-13(4-2)16-14-8-11-17-15(12-14)9-5-6-10-15/h1,13-14,16H,4-12H2,2H3. The highest BCUT2D eigenvalue weighted by atomic mass is 16.5. The molecule has 1 saturated heterocycles. The van der Waals surface area contributed by atoms with Gasteiger partial charge in [-0.2, -0.15) is 0 Å². The van der Waals surface area contributed by atoms with Crippen LogP contribution in [0.25, 0.3) is 0 Å². The van der Waals surface area contributed by atoms with Gasteiger partial charge in [-0.3, -0.25) is 0 Å². The van der Waals surface area contributed by atoms with E-state index in [-0.39, 0.29) is 5.60 Å². The lowest BCUT2D eigenvalue weighted by atomic mass is 9.88. The van der Waals surface area contributed by atoms with Crippen LogP contribution in [0.5, 0.6) is 0 Å². The maximum absolute atomic E-state index is 6.05. The summed E-state index contributed by atoms with van der Waals surface area (Å²) in [5, 5.41) is 3.74. The number of nitrogens with one attached hydrogen (secondary N) is 1. The molecule has 2 fully saturated rings. The average Bonchev–Trinajstić information content (AvgIpc) is 2.77. The van der Waals surface area contributed by atoms with Gasteiger partial charge in [-0.25, -0.2) is 0 Å². The fraction of sp³-hybridized carbons (Fsp3) is 0.867. The third-order valence-corrected chi connectivity index (χ3v) is 4.34. The summed E-state index contributed by atoms with van der Waals surface area (Å²) in [5.74, 6) is 2.78. The van der Waals surface area contributed by atoms with Gasteiger partial charge in [0.1, 0.15) is 0 Å². The van der Waals surface area contributed by atoms with Crippen molar-refractivity contribution in [2.24, 2.45) is 0 Å². The van der Waals surface area contributed by atoms with Gasteiger partial charge in [0.25, 0.3) is 0 Å². The minimum atomic E-state index is 0.213. The van der Waals surface area contributed by atoms with E-state index in [0.29, 0.717) is 12.1 Å². The predicted octanol–water partition coefficient (Wildman–Crippen LogP) is 2.87. The Bertz CT molecular complexity index is 275. The molecule has 2 nitrogen and oxygen atoms in total. The molecule has 0 bridgehead atoms. The molecule has 1 saturated carbocycles. The summed E-state index contributed by atoms with van der Waals surface area (Å²) in [6, 6.07) is 1.10. The largest absolute Gasteiger partial charge is 0.375 e. The molecule has 2 heteroatoms. The molecule has 0 aromatic carbocycles. The maximum atomic E-state index is 6.05. The normalized spacial score (nSPS) is 29.1. The molecule has 0 aromatic heterocycles. The van der Waals surface area contributed by atoms with Crippen molar-refractivity contribution in [3.63, 3.8) is 0 Å². The summed E-state index contributed by atoms with van der Waals surface area (Å²) in [7, 11) is 0. The van der Waals surface area contributed by atoms with Crippen molar-refractivity contribution in [3.05, 3.63) is 0 Å². The monoisotopic (exact) mass is 235 g/mol. The van der Waals surface area contributed by atoms with E-state index in [2.05, 4.69) is 18.2 Å². The van der Waals surface area contributed by atoms with E-state index in [1.54, 1.807) is 0 Å². The van der Waals surface area contributed by atoms with E-state index in [1.807, 2.05) is 0 Å². The Kier molecular flexibility index (Phi) is 4.48. The summed E-state index contributed by atoms with van der Waals surface area (Å²) >= 11 is 0. The van der Waals surface area contributed by atoms with Gasteiger partial charge < -0.3 is 10.1 Å². The lowest BCUT2D eigenvalue weighted by Gasteiger charge is -2.39. The second-order valence-corrected chi connectivity index (χ2v) is 5.61. The van der Waals surface area contributed by atoms with Gasteiger partial charge in [0.15, 0.2) is 0 Å². The number of ether oxygens (including phenoxy) is 1. The molecule has 0 radical (unpaired) electrons. The van der Waals surface area contributed by atoms with Gasteiger partial charge in [0.05, 0.1) is 5.60 Å². The van der Waals surface area contributed by atoms with Crippen LogP contribution in [-0.2, 0) is 4.74 Å². The van der Waals surface area contributed by atoms with Gasteiger partial charge in [-0.1, -0.05) is 19.8 Å². The van der Waals surface area contributed by atoms with Crippen LogP contribution in [0, 0.1) is 12.3 Å². The Morgan fingerprint density at radius 2 is 2.24 bits per heavy atom. The second kappa shape index (κ2) is 5.89. The quantitative estimate of drug-likeness (QED) is 0.757. The highest BCUT2D eigenvalue weighted by molar-refractivity contribution is 4.96. The Morgan fingerprint density at radius 3 is 2.88 bits per heavy atom. The summed E-state index contributed by atoms with van der Waals surface area (Å²) in [6.07, 6.45) is 14.9. The van der Waals surface area contributed by atoms with Crippen molar-refractivity contribution in [2.45, 2.75) is 76.0 Å². The molecule has 2 unspecified atom stereocenters. The SMILES string of the molecule is C#CCC(CC)NC1CCOC2(CCCC2)C1. The molecule has 1 aliphatic heterocycles. The van der Waals surface area contributed by atoms with E-state index >= 15 is 0 Å². The molecule has 1 spiro atoms. The number of rotatable bonds is 4. The zero-order valence-electron chi connectivity index (χ0n) is 11.0. The van der Waals surface area contributed by atoms with Crippen LogP contribution in [0.4, 0.5) is 0 Å². The molecule has 17 heavy (non-hydrogen) atoms. The maximum Gasteiger partial charge on any atom is 0.0697 e. The fourth-order valence-corrected chi connectivity index (χ4v) is 3.33. The molecular weight excluding hydrogens is 210 g/mol. The highest BCUT2D eigenvalue weighted by Crippen LogP contribution is 2.40. The Labute approximate surface area is 105 Å². The van der Waals surface area contributed by atoms with E-state index in [1.165, 1.54) is 32.1 Å². The summed E-state index contributed by atoms with van der Waals surface area (Å²) in [5.41, 5.74) is 0.213. The van der Waals surface area contributed by atoms with Crippen molar-refractivity contribution in [1.29, 1.82) is 0 Å². The molecule has 2 aliphatic rings. The lowest BCUT2D eigenvalue weighted by Crippen LogP contribution is -2.48. The van der Waals surface area contributed by atoms with Crippen molar-refractivity contribution in [3.8, 4) is 12.3 Å². The first-order valence-corrected chi connectivity index (χ1v) is 7.11. The molecule has 1 N–H and O–H groups in total. The zero-order valence-corrected chi connectivity index (χ0v) is 11.0. The Hall–Kier alpha value is -0.520. The Balaban J connectivity index is 1.86. The molecule has 1 heterocycles. The predicted molar refractivity (Wildman–Crippen MR) is 70.8 cm³/mol. The minimum Gasteiger partial charge on any atom is -0.375 e. The van der Waals surface area contributed by atoms with Crippen LogP contribution in [0.15, 0.2) is 0 Å². The van der Waals surface area contributed by atoms with E-state index in [0.717, 1.165) is 25.9 Å². The Morgan fingerprint density at radius 1 is 1.47 bits per heavy atom. The summed E-state index contributed by atoms with van der Waals surface area (Å²) in [6.45, 7) is 3.13. The van der Waals surface area contributed by atoms with Gasteiger partial charge >= 0.3 is 0 Å². The molecular formula is C15H25NO. The first kappa shape index (κ1) is 12.9. The topological polar surface area (TPSA) is 21.3 Å². The van der Waals surface area contributed by atoms with Crippen molar-refractivity contribution in [2.75, 3.05) is 6.61 Å². The first-order chi connectivity index (χ1) is 8.28. The number of terminal acetylenes is 1. The first-order valence-electron chi connectivity index (χ1n) is 7.11. The van der Waals surface area contributed by atoms with Crippen LogP contribution in [-0.4, -0.2) is 24.3 Å². The summed E-state index contributed by atoms with van der Waals surface area (Å²) < 4.78 is 6.05. The van der Waals surface area contributed by atoms with E-state index in [4.69, 9.17) is 11.2 Å². The van der Waals surface area contributed by atoms with Crippen molar-refractivity contribution >= 4 is 0 Å². The van der Waals surface area contributed by atoms with Crippen LogP contribution in [0.1, 0.15) is 58.3 Å². The van der Waals surface area contributed by atoms with Gasteiger partial charge in [0, 0.05) is 25.1 Å². The van der Waals surface area contributed by atoms with E-state index < -0.39 is 0 Å². The zero-order chi connectivity index (χ0) is 12.1. The second-order valence-electron chi connectivity index (χ2n) is 5.61. The molecule has 2 atom stereocenters. The molecule has 0 aromatic rings. The van der Waals surface area contributed by atoms with Crippen molar-refractivity contribution in [1.82, 2.24) is 5.32 Å². The smallest absolute Gasteiger partial charge is 0.0697 e. The van der Waals surface area contributed by atoms with Gasteiger partial charge in [-0.15, -0.1) is 12.3 Å². The molecule has 1 aliphatic carbocycles. The molecule has 96 valence electrons. The lowest BCUT2D eigenvalue weighted by molar-refractivity contribution is -0.0847. The third-order valence-electron chi connectivity index (χ3n) is 4.34. The molecule has 2 rings (SSSR count). The van der Waals surface area contributed by atoms with Crippen molar-refractivity contribution < 1.29 is 4.74 Å². The third kappa shape index (κ3) is 3.24. The van der Waals surface area contributed by atoms with Crippen LogP contribution in [0.2, 0.25) is 0 Å².